The third-order valence-electron chi connectivity index (χ3n) is 13.1. The molecule has 1 aromatic heterocycles. The Morgan fingerprint density at radius 2 is 1.43 bits per heavy atom. The lowest BCUT2D eigenvalue weighted by Gasteiger charge is -2.33. The van der Waals surface area contributed by atoms with Gasteiger partial charge in [0.25, 0.3) is 11.8 Å². The lowest BCUT2D eigenvalue weighted by atomic mass is 9.86. The number of aliphatic hydroxyl groups is 2. The number of aliphatic hydroxyl groups excluding tert-OH is 1. The molecule has 2 atom stereocenters. The number of ether oxygens (including phenoxy) is 2. The lowest BCUT2D eigenvalue weighted by molar-refractivity contribution is -0.164. The molecular weight excluding hydrogens is 863 g/mol. The first-order valence-corrected chi connectivity index (χ1v) is 23.4. The number of esters is 1. The number of aromatic nitrogens is 1. The Morgan fingerprint density at radius 3 is 2.15 bits per heavy atom. The average Bonchev–Trinajstić information content (AvgIpc) is 3.37. The van der Waals surface area contributed by atoms with E-state index < -0.39 is 17.7 Å². The van der Waals surface area contributed by atoms with Crippen molar-refractivity contribution in [2.75, 3.05) is 32.8 Å². The van der Waals surface area contributed by atoms with E-state index in [1.165, 1.54) is 17.7 Å². The first-order valence-electron chi connectivity index (χ1n) is 23.4. The molecule has 0 radical (unpaired) electrons. The van der Waals surface area contributed by atoms with E-state index in [0.29, 0.717) is 60.1 Å². The maximum absolute atomic E-state index is 13.9. The number of aromatic hydroxyl groups is 1. The van der Waals surface area contributed by atoms with Crippen molar-refractivity contribution in [2.45, 2.75) is 75.4 Å². The SMILES string of the molecule is O=C(COc1cccc([C@](O)(C(=O)OCC2CCN(Cc3ccccc3)CC2)c2ccccc2)c1)NC1CCC(NC(=O)c2ccc(CNCC(O)c3ccc(O)c4[nH]c(=O)ccc34)cc2)CC1. The molecule has 1 aliphatic heterocycles. The van der Waals surface area contributed by atoms with Gasteiger partial charge in [-0.1, -0.05) is 91.0 Å². The minimum absolute atomic E-state index is 0.0423. The van der Waals surface area contributed by atoms with Crippen LogP contribution in [0.1, 0.15) is 82.8 Å². The van der Waals surface area contributed by atoms with Gasteiger partial charge in [0.05, 0.1) is 18.2 Å². The molecular formula is C54H59N5O9. The smallest absolute Gasteiger partial charge is 0.347 e. The van der Waals surface area contributed by atoms with Crippen molar-refractivity contribution in [3.8, 4) is 11.5 Å². The van der Waals surface area contributed by atoms with Crippen molar-refractivity contribution in [1.82, 2.24) is 25.8 Å². The van der Waals surface area contributed by atoms with Crippen molar-refractivity contribution in [1.29, 1.82) is 0 Å². The van der Waals surface area contributed by atoms with Crippen molar-refractivity contribution in [3.05, 3.63) is 177 Å². The summed E-state index contributed by atoms with van der Waals surface area (Å²) >= 11 is 0. The number of phenols is 1. The molecule has 6 aromatic rings. The summed E-state index contributed by atoms with van der Waals surface area (Å²) in [6.07, 6.45) is 3.62. The molecule has 2 heterocycles. The van der Waals surface area contributed by atoms with Gasteiger partial charge in [-0.05, 0) is 116 Å². The number of pyridine rings is 1. The fraction of sp³-hybridized carbons (Fsp3) is 0.333. The summed E-state index contributed by atoms with van der Waals surface area (Å²) in [6, 6.07) is 38.8. The summed E-state index contributed by atoms with van der Waals surface area (Å²) in [5.41, 5.74) is 1.76. The average molecular weight is 922 g/mol. The predicted molar refractivity (Wildman–Crippen MR) is 258 cm³/mol. The van der Waals surface area contributed by atoms with Gasteiger partial charge in [-0.3, -0.25) is 19.3 Å². The number of aromatic amines is 1. The van der Waals surface area contributed by atoms with Crippen molar-refractivity contribution in [3.63, 3.8) is 0 Å². The van der Waals surface area contributed by atoms with Gasteiger partial charge in [-0.25, -0.2) is 4.79 Å². The number of benzene rings is 5. The molecule has 2 fully saturated rings. The number of hydrogen-bond acceptors (Lipinski definition) is 11. The zero-order valence-electron chi connectivity index (χ0n) is 37.9. The van der Waals surface area contributed by atoms with Crippen LogP contribution < -0.4 is 26.2 Å². The van der Waals surface area contributed by atoms with Gasteiger partial charge in [0.1, 0.15) is 11.5 Å². The molecule has 14 nitrogen and oxygen atoms in total. The molecule has 14 heteroatoms. The normalized spacial score (nSPS) is 18.0. The summed E-state index contributed by atoms with van der Waals surface area (Å²) in [7, 11) is 0. The number of nitrogens with one attached hydrogen (secondary N) is 4. The van der Waals surface area contributed by atoms with E-state index in [1.807, 2.05) is 36.4 Å². The van der Waals surface area contributed by atoms with Crippen LogP contribution in [-0.4, -0.2) is 87.9 Å². The van der Waals surface area contributed by atoms with Crippen LogP contribution in [0.15, 0.2) is 138 Å². The zero-order valence-corrected chi connectivity index (χ0v) is 37.9. The topological polar surface area (TPSA) is 203 Å². The molecule has 7 N–H and O–H groups in total. The van der Waals surface area contributed by atoms with Crippen molar-refractivity contribution < 1.29 is 39.2 Å². The highest BCUT2D eigenvalue weighted by Crippen LogP contribution is 2.34. The number of carbonyl (C=O) groups excluding carboxylic acids is 3. The number of hydrogen-bond donors (Lipinski definition) is 7. The molecule has 5 aromatic carbocycles. The quantitative estimate of drug-likeness (QED) is 0.0500. The second-order valence-corrected chi connectivity index (χ2v) is 17.9. The van der Waals surface area contributed by atoms with Crippen LogP contribution in [0.2, 0.25) is 0 Å². The van der Waals surface area contributed by atoms with E-state index in [0.717, 1.165) is 38.0 Å². The fourth-order valence-electron chi connectivity index (χ4n) is 9.20. The first kappa shape index (κ1) is 47.6. The Balaban J connectivity index is 0.761. The molecule has 2 aliphatic rings. The zero-order chi connectivity index (χ0) is 47.5. The van der Waals surface area contributed by atoms with Crippen LogP contribution in [0.4, 0.5) is 0 Å². The number of amides is 2. The molecule has 68 heavy (non-hydrogen) atoms. The third-order valence-corrected chi connectivity index (χ3v) is 13.1. The van der Waals surface area contributed by atoms with Crippen LogP contribution in [-0.2, 0) is 33.0 Å². The molecule has 0 bridgehead atoms. The molecule has 1 aliphatic carbocycles. The van der Waals surface area contributed by atoms with Gasteiger partial charge >= 0.3 is 5.97 Å². The number of nitrogens with zero attached hydrogens (tertiary/aromatic N) is 1. The van der Waals surface area contributed by atoms with Crippen LogP contribution in [0.3, 0.4) is 0 Å². The highest BCUT2D eigenvalue weighted by molar-refractivity contribution is 5.94. The molecule has 1 saturated carbocycles. The summed E-state index contributed by atoms with van der Waals surface area (Å²) < 4.78 is 11.8. The largest absolute Gasteiger partial charge is 0.506 e. The summed E-state index contributed by atoms with van der Waals surface area (Å²) in [5.74, 6) is -0.814. The Bertz CT molecular complexity index is 2700. The first-order chi connectivity index (χ1) is 33.0. The van der Waals surface area contributed by atoms with Gasteiger partial charge in [0.2, 0.25) is 11.2 Å². The van der Waals surface area contributed by atoms with Crippen molar-refractivity contribution >= 4 is 28.7 Å². The van der Waals surface area contributed by atoms with Gasteiger partial charge in [-0.15, -0.1) is 0 Å². The number of rotatable bonds is 18. The summed E-state index contributed by atoms with van der Waals surface area (Å²) in [6.45, 7) is 3.30. The molecule has 1 saturated heterocycles. The standard InChI is InChI=1S/C54H59N5O9/c60-47-24-22-45(46-23-25-49(62)58-51(46)47)48(61)32-55-31-36-14-16-39(17-15-36)52(64)57-43-20-18-42(19-21-43)56-50(63)35-67-44-13-7-12-41(30-44)54(66,40-10-5-2-6-11-40)53(65)68-34-38-26-28-59(29-27-38)33-37-8-3-1-4-9-37/h1-17,22-25,30,38,42-43,48,55,60-61,66H,18-21,26-29,31-35H2,(H,56,63)(H,57,64)(H,58,62)/t42?,43?,48?,54-/m0/s1. The van der Waals surface area contributed by atoms with E-state index >= 15 is 0 Å². The molecule has 2 amide bonds. The lowest BCUT2D eigenvalue weighted by Crippen LogP contribution is -2.44. The van der Waals surface area contributed by atoms with E-state index in [-0.39, 0.29) is 72.0 Å². The van der Waals surface area contributed by atoms with Gasteiger partial charge in [0, 0.05) is 54.3 Å². The minimum Gasteiger partial charge on any atom is -0.506 e. The monoisotopic (exact) mass is 921 g/mol. The summed E-state index contributed by atoms with van der Waals surface area (Å²) in [4.78, 5) is 56.9. The Kier molecular flexibility index (Phi) is 15.6. The molecule has 8 rings (SSSR count). The predicted octanol–water partition coefficient (Wildman–Crippen LogP) is 5.98. The second-order valence-electron chi connectivity index (χ2n) is 17.9. The van der Waals surface area contributed by atoms with Gasteiger partial charge in [-0.2, -0.15) is 0 Å². The minimum atomic E-state index is -2.10. The number of fused-ring (bicyclic) bond motifs is 1. The highest BCUT2D eigenvalue weighted by atomic mass is 16.5. The summed E-state index contributed by atoms with van der Waals surface area (Å²) in [5, 5.41) is 43.1. The van der Waals surface area contributed by atoms with Gasteiger partial charge < -0.3 is 45.7 Å². The Labute approximate surface area is 395 Å². The molecule has 1 unspecified atom stereocenters. The maximum atomic E-state index is 13.9. The Hall–Kier alpha value is -6.84. The van der Waals surface area contributed by atoms with Crippen LogP contribution in [0.5, 0.6) is 11.5 Å². The maximum Gasteiger partial charge on any atom is 0.347 e. The Morgan fingerprint density at radius 1 is 0.750 bits per heavy atom. The number of phenolic OH excluding ortho intramolecular Hbond substituents is 1. The fourth-order valence-corrected chi connectivity index (χ4v) is 9.20. The van der Waals surface area contributed by atoms with Crippen molar-refractivity contribution in [2.24, 2.45) is 5.92 Å². The molecule has 0 spiro atoms. The van der Waals surface area contributed by atoms with E-state index in [9.17, 15) is 34.5 Å². The van der Waals surface area contributed by atoms with Gasteiger partial charge in [0.15, 0.2) is 6.61 Å². The number of piperidine rings is 1. The number of carbonyl (C=O) groups is 3. The van der Waals surface area contributed by atoms with E-state index in [4.69, 9.17) is 9.47 Å². The third kappa shape index (κ3) is 12.0. The van der Waals surface area contributed by atoms with E-state index in [2.05, 4.69) is 38.0 Å². The highest BCUT2D eigenvalue weighted by Gasteiger charge is 2.42. The molecule has 354 valence electrons. The second kappa shape index (κ2) is 22.3. The van der Waals surface area contributed by atoms with E-state index in [1.54, 1.807) is 72.8 Å². The number of likely N-dealkylation sites (tertiary alicyclic amines) is 1. The van der Waals surface area contributed by atoms with Crippen LogP contribution in [0, 0.1) is 5.92 Å². The number of H-pyrrole nitrogens is 1. The van der Waals surface area contributed by atoms with Crippen LogP contribution >= 0.6 is 0 Å². The van der Waals surface area contributed by atoms with Crippen LogP contribution in [0.25, 0.3) is 10.9 Å².